The van der Waals surface area contributed by atoms with Crippen LogP contribution in [0.3, 0.4) is 0 Å². The lowest BCUT2D eigenvalue weighted by Crippen LogP contribution is -2.44. The first-order valence-electron chi connectivity index (χ1n) is 6.55. The monoisotopic (exact) mass is 251 g/mol. The maximum absolute atomic E-state index is 5.38. The molecule has 1 unspecified atom stereocenters. The van der Waals surface area contributed by atoms with Gasteiger partial charge in [-0.15, -0.1) is 0 Å². The minimum absolute atomic E-state index is 0.182. The molecule has 18 heavy (non-hydrogen) atoms. The molecule has 1 aromatic carbocycles. The summed E-state index contributed by atoms with van der Waals surface area (Å²) in [6.07, 6.45) is 1.80. The molecule has 3 heteroatoms. The van der Waals surface area contributed by atoms with E-state index in [0.717, 1.165) is 19.4 Å². The van der Waals surface area contributed by atoms with E-state index in [1.807, 2.05) is 0 Å². The van der Waals surface area contributed by atoms with Gasteiger partial charge in [0.05, 0.1) is 6.04 Å². The van der Waals surface area contributed by atoms with E-state index in [0.29, 0.717) is 0 Å². The second-order valence-corrected chi connectivity index (χ2v) is 4.59. The molecule has 1 N–H and O–H groups in total. The molecule has 1 rings (SSSR count). The summed E-state index contributed by atoms with van der Waals surface area (Å²) in [5, 5.41) is 3.49. The van der Waals surface area contributed by atoms with Crippen molar-refractivity contribution in [1.82, 2.24) is 5.32 Å². The molecular formula is C15H25NO2. The predicted octanol–water partition coefficient (Wildman–Crippen LogP) is 2.52. The summed E-state index contributed by atoms with van der Waals surface area (Å²) in [7, 11) is 3.37. The zero-order valence-electron chi connectivity index (χ0n) is 11.9. The fraction of sp³-hybridized carbons (Fsp3) is 0.600. The van der Waals surface area contributed by atoms with Crippen LogP contribution in [0, 0.1) is 6.92 Å². The van der Waals surface area contributed by atoms with Crippen LogP contribution in [0.25, 0.3) is 0 Å². The Morgan fingerprint density at radius 3 is 2.50 bits per heavy atom. The van der Waals surface area contributed by atoms with Crippen LogP contribution in [0.15, 0.2) is 24.3 Å². The lowest BCUT2D eigenvalue weighted by atomic mass is 10.0. The minimum atomic E-state index is -0.211. The zero-order valence-corrected chi connectivity index (χ0v) is 11.9. The molecule has 0 aromatic heterocycles. The van der Waals surface area contributed by atoms with Crippen LogP contribution in [0.5, 0.6) is 0 Å². The highest BCUT2D eigenvalue weighted by Crippen LogP contribution is 2.11. The van der Waals surface area contributed by atoms with Gasteiger partial charge in [0.1, 0.15) is 0 Å². The summed E-state index contributed by atoms with van der Waals surface area (Å²) in [4.78, 5) is 0. The fourth-order valence-electron chi connectivity index (χ4n) is 2.11. The first kappa shape index (κ1) is 15.2. The molecular weight excluding hydrogens is 226 g/mol. The van der Waals surface area contributed by atoms with Gasteiger partial charge in [-0.25, -0.2) is 0 Å². The van der Waals surface area contributed by atoms with Gasteiger partial charge in [0.2, 0.25) is 0 Å². The zero-order chi connectivity index (χ0) is 13.4. The Labute approximate surface area is 110 Å². The van der Waals surface area contributed by atoms with Gasteiger partial charge in [0.25, 0.3) is 0 Å². The van der Waals surface area contributed by atoms with Crippen LogP contribution in [-0.2, 0) is 15.9 Å². The second-order valence-electron chi connectivity index (χ2n) is 4.59. The minimum Gasteiger partial charge on any atom is -0.354 e. The van der Waals surface area contributed by atoms with E-state index in [2.05, 4.69) is 43.4 Å². The van der Waals surface area contributed by atoms with Gasteiger partial charge in [-0.2, -0.15) is 0 Å². The van der Waals surface area contributed by atoms with Crippen molar-refractivity contribution in [3.05, 3.63) is 35.4 Å². The van der Waals surface area contributed by atoms with Crippen molar-refractivity contribution in [2.45, 2.75) is 39.0 Å². The summed E-state index contributed by atoms with van der Waals surface area (Å²) < 4.78 is 10.8. The number of methoxy groups -OCH3 is 2. The van der Waals surface area contributed by atoms with Crippen LogP contribution in [-0.4, -0.2) is 33.1 Å². The van der Waals surface area contributed by atoms with Crippen molar-refractivity contribution in [2.75, 3.05) is 20.8 Å². The van der Waals surface area contributed by atoms with Gasteiger partial charge in [-0.3, -0.25) is 0 Å². The first-order chi connectivity index (χ1) is 8.71. The quantitative estimate of drug-likeness (QED) is 0.720. The number of rotatable bonds is 8. The molecule has 0 saturated heterocycles. The molecule has 0 aliphatic heterocycles. The normalized spacial score (nSPS) is 12.9. The molecule has 0 aliphatic carbocycles. The Bertz CT molecular complexity index is 337. The molecule has 1 atom stereocenters. The summed E-state index contributed by atoms with van der Waals surface area (Å²) >= 11 is 0. The van der Waals surface area contributed by atoms with Crippen molar-refractivity contribution in [3.8, 4) is 0 Å². The lowest BCUT2D eigenvalue weighted by Gasteiger charge is -2.26. The average Bonchev–Trinajstić information content (AvgIpc) is 2.37. The van der Waals surface area contributed by atoms with Crippen molar-refractivity contribution in [1.29, 1.82) is 0 Å². The number of hydrogen-bond donors (Lipinski definition) is 1. The van der Waals surface area contributed by atoms with Gasteiger partial charge >= 0.3 is 0 Å². The number of ether oxygens (including phenoxy) is 2. The molecule has 0 fully saturated rings. The Kier molecular flexibility index (Phi) is 6.94. The van der Waals surface area contributed by atoms with E-state index in [-0.39, 0.29) is 12.3 Å². The van der Waals surface area contributed by atoms with E-state index in [4.69, 9.17) is 9.47 Å². The molecule has 0 heterocycles. The molecule has 0 bridgehead atoms. The molecule has 0 saturated carbocycles. The summed E-state index contributed by atoms with van der Waals surface area (Å²) in [5.41, 5.74) is 2.59. The first-order valence-corrected chi connectivity index (χ1v) is 6.55. The summed E-state index contributed by atoms with van der Waals surface area (Å²) in [6, 6.07) is 8.75. The highest BCUT2D eigenvalue weighted by molar-refractivity contribution is 5.23. The standard InChI is InChI=1S/C15H25NO2/c1-5-9-16-14(15(17-3)18-4)11-13-8-6-7-12(2)10-13/h6-8,10,14-16H,5,9,11H2,1-4H3. The SMILES string of the molecule is CCCNC(Cc1cccc(C)c1)C(OC)OC. The summed E-state index contributed by atoms with van der Waals surface area (Å²) in [6.45, 7) is 5.24. The Morgan fingerprint density at radius 1 is 1.22 bits per heavy atom. The Hall–Kier alpha value is -0.900. The number of aryl methyl sites for hydroxylation is 1. The largest absolute Gasteiger partial charge is 0.354 e. The maximum atomic E-state index is 5.38. The topological polar surface area (TPSA) is 30.5 Å². The molecule has 3 nitrogen and oxygen atoms in total. The number of nitrogens with one attached hydrogen (secondary N) is 1. The Balaban J connectivity index is 2.70. The smallest absolute Gasteiger partial charge is 0.172 e. The number of hydrogen-bond acceptors (Lipinski definition) is 3. The third-order valence-electron chi connectivity index (χ3n) is 2.99. The van der Waals surface area contributed by atoms with Gasteiger partial charge in [0, 0.05) is 14.2 Å². The molecule has 0 aliphatic rings. The van der Waals surface area contributed by atoms with Crippen LogP contribution in [0.4, 0.5) is 0 Å². The lowest BCUT2D eigenvalue weighted by molar-refractivity contribution is -0.122. The van der Waals surface area contributed by atoms with Crippen molar-refractivity contribution < 1.29 is 9.47 Å². The predicted molar refractivity (Wildman–Crippen MR) is 74.8 cm³/mol. The van der Waals surface area contributed by atoms with Crippen molar-refractivity contribution in [3.63, 3.8) is 0 Å². The molecule has 102 valence electrons. The van der Waals surface area contributed by atoms with Crippen molar-refractivity contribution in [2.24, 2.45) is 0 Å². The molecule has 0 spiro atoms. The van der Waals surface area contributed by atoms with E-state index in [1.54, 1.807) is 14.2 Å². The highest BCUT2D eigenvalue weighted by Gasteiger charge is 2.20. The van der Waals surface area contributed by atoms with Gasteiger partial charge in [-0.05, 0) is 31.9 Å². The molecule has 0 radical (unpaired) electrons. The van der Waals surface area contributed by atoms with E-state index >= 15 is 0 Å². The van der Waals surface area contributed by atoms with Crippen LogP contribution in [0.1, 0.15) is 24.5 Å². The fourth-order valence-corrected chi connectivity index (χ4v) is 2.11. The van der Waals surface area contributed by atoms with Crippen LogP contribution >= 0.6 is 0 Å². The molecule has 0 amide bonds. The third-order valence-corrected chi connectivity index (χ3v) is 2.99. The van der Waals surface area contributed by atoms with E-state index in [9.17, 15) is 0 Å². The van der Waals surface area contributed by atoms with Crippen molar-refractivity contribution >= 4 is 0 Å². The van der Waals surface area contributed by atoms with Gasteiger partial charge < -0.3 is 14.8 Å². The van der Waals surface area contributed by atoms with E-state index < -0.39 is 0 Å². The highest BCUT2D eigenvalue weighted by atomic mass is 16.7. The average molecular weight is 251 g/mol. The summed E-state index contributed by atoms with van der Waals surface area (Å²) in [5.74, 6) is 0. The molecule has 1 aromatic rings. The van der Waals surface area contributed by atoms with E-state index in [1.165, 1.54) is 11.1 Å². The van der Waals surface area contributed by atoms with Gasteiger partial charge in [0.15, 0.2) is 6.29 Å². The Morgan fingerprint density at radius 2 is 1.94 bits per heavy atom. The third kappa shape index (κ3) is 4.77. The second kappa shape index (κ2) is 8.25. The maximum Gasteiger partial charge on any atom is 0.172 e. The van der Waals surface area contributed by atoms with Crippen LogP contribution < -0.4 is 5.32 Å². The number of benzene rings is 1. The van der Waals surface area contributed by atoms with Gasteiger partial charge in [-0.1, -0.05) is 36.8 Å². The van der Waals surface area contributed by atoms with Crippen LogP contribution in [0.2, 0.25) is 0 Å².